The van der Waals surface area contributed by atoms with E-state index in [1.165, 1.54) is 6.92 Å². The number of para-hydroxylation sites is 1. The second-order valence-electron chi connectivity index (χ2n) is 6.89. The number of carbonyl (C=O) groups excluding carboxylic acids is 2. The van der Waals surface area contributed by atoms with Crippen molar-refractivity contribution < 1.29 is 34.5 Å². The average molecular weight is 420 g/mol. The van der Waals surface area contributed by atoms with E-state index in [9.17, 15) is 29.4 Å². The molecule has 2 rings (SSSR count). The fourth-order valence-electron chi connectivity index (χ4n) is 2.93. The van der Waals surface area contributed by atoms with Crippen LogP contribution in [0.15, 0.2) is 30.5 Å². The zero-order chi connectivity index (χ0) is 22.4. The summed E-state index contributed by atoms with van der Waals surface area (Å²) in [7, 11) is 0. The number of nitrogens with two attached hydrogens (primary N) is 1. The number of aliphatic hydroxyl groups excluding tert-OH is 1. The smallest absolute Gasteiger partial charge is 0.326 e. The first-order chi connectivity index (χ1) is 14.1. The average Bonchev–Trinajstić information content (AvgIpc) is 3.07. The minimum absolute atomic E-state index is 0.0376. The highest BCUT2D eigenvalue weighted by atomic mass is 16.4. The maximum absolute atomic E-state index is 12.6. The second-order valence-corrected chi connectivity index (χ2v) is 6.89. The minimum Gasteiger partial charge on any atom is -0.481 e. The molecule has 0 spiro atoms. The summed E-state index contributed by atoms with van der Waals surface area (Å²) in [6.07, 6.45) is -0.443. The number of aliphatic hydroxyl groups is 1. The van der Waals surface area contributed by atoms with E-state index in [1.807, 2.05) is 18.2 Å². The lowest BCUT2D eigenvalue weighted by molar-refractivity contribution is -0.143. The molecule has 4 atom stereocenters. The number of H-pyrrole nitrogens is 1. The Morgan fingerprint density at radius 3 is 2.37 bits per heavy atom. The van der Waals surface area contributed by atoms with Crippen LogP contribution in [-0.2, 0) is 25.6 Å². The number of amides is 2. The quantitative estimate of drug-likeness (QED) is 0.253. The number of fused-ring (bicyclic) bond motifs is 1. The predicted molar refractivity (Wildman–Crippen MR) is 105 cm³/mol. The van der Waals surface area contributed by atoms with Gasteiger partial charge in [-0.05, 0) is 18.6 Å². The molecule has 2 amide bonds. The lowest BCUT2D eigenvalue weighted by Gasteiger charge is -2.24. The van der Waals surface area contributed by atoms with E-state index in [-0.39, 0.29) is 6.42 Å². The molecule has 0 fully saturated rings. The van der Waals surface area contributed by atoms with Gasteiger partial charge < -0.3 is 36.7 Å². The molecule has 1 aromatic carbocycles. The molecule has 0 bridgehead atoms. The standard InChI is InChI=1S/C19H24N4O7/c1-9(24)16(23-17(27)12(20)7-15(25)26)18(28)22-14(19(29)30)6-10-8-21-13-5-3-2-4-11(10)13/h2-5,8-9,12,14,16,21,24H,6-7,20H2,1H3,(H,22,28)(H,23,27)(H,25,26)(H,29,30). The monoisotopic (exact) mass is 420 g/mol. The van der Waals surface area contributed by atoms with Crippen LogP contribution in [-0.4, -0.2) is 68.3 Å². The first-order valence-corrected chi connectivity index (χ1v) is 9.14. The summed E-state index contributed by atoms with van der Waals surface area (Å²) < 4.78 is 0. The minimum atomic E-state index is -1.51. The predicted octanol–water partition coefficient (Wildman–Crippen LogP) is -1.05. The lowest BCUT2D eigenvalue weighted by atomic mass is 10.0. The van der Waals surface area contributed by atoms with Crippen LogP contribution in [0.4, 0.5) is 0 Å². The number of nitrogens with one attached hydrogen (secondary N) is 3. The number of aliphatic carboxylic acids is 2. The molecule has 162 valence electrons. The van der Waals surface area contributed by atoms with Gasteiger partial charge in [0.2, 0.25) is 11.8 Å². The van der Waals surface area contributed by atoms with Crippen molar-refractivity contribution in [3.8, 4) is 0 Å². The van der Waals surface area contributed by atoms with Crippen LogP contribution in [0.2, 0.25) is 0 Å². The van der Waals surface area contributed by atoms with Gasteiger partial charge in [0.05, 0.1) is 18.6 Å². The van der Waals surface area contributed by atoms with Gasteiger partial charge in [-0.1, -0.05) is 18.2 Å². The number of aromatic nitrogens is 1. The van der Waals surface area contributed by atoms with Gasteiger partial charge in [0.1, 0.15) is 12.1 Å². The summed E-state index contributed by atoms with van der Waals surface area (Å²) in [6.45, 7) is 1.22. The van der Waals surface area contributed by atoms with Crippen molar-refractivity contribution in [3.05, 3.63) is 36.0 Å². The summed E-state index contributed by atoms with van der Waals surface area (Å²) in [5.74, 6) is -4.50. The van der Waals surface area contributed by atoms with Crippen molar-refractivity contribution in [3.63, 3.8) is 0 Å². The third-order valence-corrected chi connectivity index (χ3v) is 4.51. The number of carbonyl (C=O) groups is 4. The maximum atomic E-state index is 12.6. The number of carboxylic acid groups (broad SMARTS) is 2. The Morgan fingerprint density at radius 1 is 1.10 bits per heavy atom. The molecule has 30 heavy (non-hydrogen) atoms. The number of benzene rings is 1. The van der Waals surface area contributed by atoms with Crippen LogP contribution in [0.1, 0.15) is 18.9 Å². The maximum Gasteiger partial charge on any atom is 0.326 e. The third kappa shape index (κ3) is 5.78. The van der Waals surface area contributed by atoms with Crippen LogP contribution in [0, 0.1) is 0 Å². The molecule has 4 unspecified atom stereocenters. The highest BCUT2D eigenvalue weighted by molar-refractivity contribution is 5.93. The summed E-state index contributed by atoms with van der Waals surface area (Å²) in [5.41, 5.74) is 6.93. The molecule has 0 radical (unpaired) electrons. The topological polar surface area (TPSA) is 195 Å². The largest absolute Gasteiger partial charge is 0.481 e. The second kappa shape index (κ2) is 9.85. The fourth-order valence-corrected chi connectivity index (χ4v) is 2.93. The van der Waals surface area contributed by atoms with Gasteiger partial charge >= 0.3 is 11.9 Å². The molecule has 0 aliphatic rings. The van der Waals surface area contributed by atoms with E-state index in [4.69, 9.17) is 10.8 Å². The van der Waals surface area contributed by atoms with E-state index >= 15 is 0 Å². The zero-order valence-electron chi connectivity index (χ0n) is 16.2. The summed E-state index contributed by atoms with van der Waals surface area (Å²) in [4.78, 5) is 49.9. The van der Waals surface area contributed by atoms with Crippen LogP contribution in [0.25, 0.3) is 10.9 Å². The first kappa shape index (κ1) is 22.8. The van der Waals surface area contributed by atoms with Gasteiger partial charge in [0.15, 0.2) is 0 Å². The van der Waals surface area contributed by atoms with Gasteiger partial charge in [0.25, 0.3) is 0 Å². The SMILES string of the molecule is CC(O)C(NC(=O)C(N)CC(=O)O)C(=O)NC(Cc1c[nH]c2ccccc12)C(=O)O. The van der Waals surface area contributed by atoms with Crippen molar-refractivity contribution in [2.75, 3.05) is 0 Å². The van der Waals surface area contributed by atoms with Crippen LogP contribution >= 0.6 is 0 Å². The van der Waals surface area contributed by atoms with Crippen molar-refractivity contribution in [1.82, 2.24) is 15.6 Å². The number of aromatic amines is 1. The van der Waals surface area contributed by atoms with Crippen LogP contribution in [0.5, 0.6) is 0 Å². The van der Waals surface area contributed by atoms with Gasteiger partial charge in [-0.15, -0.1) is 0 Å². The Hall–Kier alpha value is -3.44. The van der Waals surface area contributed by atoms with E-state index < -0.39 is 54.4 Å². The van der Waals surface area contributed by atoms with Crippen molar-refractivity contribution >= 4 is 34.7 Å². The highest BCUT2D eigenvalue weighted by Crippen LogP contribution is 2.19. The molecular formula is C19H24N4O7. The molecule has 11 nitrogen and oxygen atoms in total. The van der Waals surface area contributed by atoms with E-state index in [0.717, 1.165) is 10.9 Å². The molecule has 11 heteroatoms. The van der Waals surface area contributed by atoms with E-state index in [1.54, 1.807) is 12.3 Å². The molecule has 1 heterocycles. The lowest BCUT2D eigenvalue weighted by Crippen LogP contribution is -2.58. The van der Waals surface area contributed by atoms with Gasteiger partial charge in [-0.25, -0.2) is 4.79 Å². The van der Waals surface area contributed by atoms with Gasteiger partial charge in [0, 0.05) is 23.5 Å². The Morgan fingerprint density at radius 2 is 1.77 bits per heavy atom. The summed E-state index contributed by atoms with van der Waals surface area (Å²) in [5, 5.41) is 33.4. The first-order valence-electron chi connectivity index (χ1n) is 9.14. The molecule has 2 aromatic rings. The number of hydrogen-bond acceptors (Lipinski definition) is 6. The fraction of sp³-hybridized carbons (Fsp3) is 0.368. The van der Waals surface area contributed by atoms with Crippen LogP contribution < -0.4 is 16.4 Å². The summed E-state index contributed by atoms with van der Waals surface area (Å²) in [6, 6.07) is 2.98. The number of rotatable bonds is 10. The van der Waals surface area contributed by atoms with E-state index in [2.05, 4.69) is 15.6 Å². The van der Waals surface area contributed by atoms with Gasteiger partial charge in [-0.3, -0.25) is 14.4 Å². The molecule has 0 aliphatic carbocycles. The van der Waals surface area contributed by atoms with Crippen molar-refractivity contribution in [2.45, 2.75) is 44.0 Å². The Bertz CT molecular complexity index is 940. The number of carboxylic acids is 2. The Balaban J connectivity index is 2.12. The summed E-state index contributed by atoms with van der Waals surface area (Å²) >= 11 is 0. The molecule has 0 saturated heterocycles. The highest BCUT2D eigenvalue weighted by Gasteiger charge is 2.31. The molecule has 1 aromatic heterocycles. The van der Waals surface area contributed by atoms with Crippen molar-refractivity contribution in [1.29, 1.82) is 0 Å². The van der Waals surface area contributed by atoms with Crippen molar-refractivity contribution in [2.24, 2.45) is 5.73 Å². The molecule has 0 aliphatic heterocycles. The zero-order valence-corrected chi connectivity index (χ0v) is 16.2. The molecule has 0 saturated carbocycles. The Labute approximate surface area is 171 Å². The van der Waals surface area contributed by atoms with E-state index in [0.29, 0.717) is 5.56 Å². The normalized spacial score (nSPS) is 15.0. The van der Waals surface area contributed by atoms with Crippen LogP contribution in [0.3, 0.4) is 0 Å². The Kier molecular flexibility index (Phi) is 7.50. The molecule has 8 N–H and O–H groups in total. The number of hydrogen-bond donors (Lipinski definition) is 7. The third-order valence-electron chi connectivity index (χ3n) is 4.51. The van der Waals surface area contributed by atoms with Gasteiger partial charge in [-0.2, -0.15) is 0 Å². The molecular weight excluding hydrogens is 396 g/mol.